The van der Waals surface area contributed by atoms with Gasteiger partial charge in [0.05, 0.1) is 36.0 Å². The van der Waals surface area contributed by atoms with Gasteiger partial charge in [-0.2, -0.15) is 5.10 Å². The van der Waals surface area contributed by atoms with Crippen molar-refractivity contribution < 1.29 is 14.7 Å². The second kappa shape index (κ2) is 11.5. The molecule has 35 heavy (non-hydrogen) atoms. The molecule has 0 saturated carbocycles. The van der Waals surface area contributed by atoms with Crippen LogP contribution in [-0.4, -0.2) is 53.7 Å². The zero-order valence-electron chi connectivity index (χ0n) is 18.9. The predicted molar refractivity (Wildman–Crippen MR) is 143 cm³/mol. The number of benzene rings is 1. The average Bonchev–Trinajstić information content (AvgIpc) is 3.60. The average molecular weight is 552 g/mol. The van der Waals surface area contributed by atoms with Gasteiger partial charge in [-0.15, -0.1) is 22.7 Å². The summed E-state index contributed by atoms with van der Waals surface area (Å²) in [6.45, 7) is 5.27. The fourth-order valence-corrected chi connectivity index (χ4v) is 5.82. The molecule has 2 amide bonds. The number of amides is 2. The number of nitrogens with zero attached hydrogens (tertiary/aromatic N) is 2. The Labute approximate surface area is 221 Å². The van der Waals surface area contributed by atoms with Crippen molar-refractivity contribution in [3.05, 3.63) is 61.1 Å². The maximum Gasteiger partial charge on any atom is 0.281 e. The SMILES string of the molecule is C/C(=N\NC(=O)c1ccc(C(=O)NCCN2CCCC2)s1)c1csc(-c2ccc(Cl)c(Cl)c2)c1O. The Kier molecular flexibility index (Phi) is 8.46. The summed E-state index contributed by atoms with van der Waals surface area (Å²) in [4.78, 5) is 28.7. The molecule has 0 unspecified atom stereocenters. The molecule has 0 spiro atoms. The molecule has 184 valence electrons. The van der Waals surface area contributed by atoms with E-state index in [1.54, 1.807) is 42.6 Å². The molecule has 1 saturated heterocycles. The summed E-state index contributed by atoms with van der Waals surface area (Å²) >= 11 is 14.5. The van der Waals surface area contributed by atoms with Gasteiger partial charge in [0.15, 0.2) is 0 Å². The van der Waals surface area contributed by atoms with Crippen LogP contribution in [-0.2, 0) is 0 Å². The summed E-state index contributed by atoms with van der Waals surface area (Å²) in [6, 6.07) is 8.36. The van der Waals surface area contributed by atoms with Crippen LogP contribution in [0, 0.1) is 0 Å². The van der Waals surface area contributed by atoms with Gasteiger partial charge in [0.1, 0.15) is 5.75 Å². The van der Waals surface area contributed by atoms with Gasteiger partial charge in [0.25, 0.3) is 11.8 Å². The number of carbonyl (C=O) groups is 2. The number of thiophene rings is 2. The van der Waals surface area contributed by atoms with Crippen molar-refractivity contribution in [2.24, 2.45) is 5.10 Å². The molecule has 0 aliphatic carbocycles. The first-order valence-corrected chi connectivity index (χ1v) is 13.5. The Bertz CT molecular complexity index is 1270. The Morgan fingerprint density at radius 1 is 1.09 bits per heavy atom. The molecule has 1 aromatic carbocycles. The van der Waals surface area contributed by atoms with Crippen molar-refractivity contribution in [3.8, 4) is 16.2 Å². The molecule has 3 N–H and O–H groups in total. The molecule has 0 radical (unpaired) electrons. The summed E-state index contributed by atoms with van der Waals surface area (Å²) in [6.07, 6.45) is 2.42. The summed E-state index contributed by atoms with van der Waals surface area (Å²) in [7, 11) is 0. The molecule has 7 nitrogen and oxygen atoms in total. The van der Waals surface area contributed by atoms with Crippen LogP contribution < -0.4 is 10.7 Å². The molecular formula is C24H24Cl2N4O3S2. The Hall–Kier alpha value is -2.43. The summed E-state index contributed by atoms with van der Waals surface area (Å²) in [5.74, 6) is -0.566. The number of carbonyl (C=O) groups excluding carboxylic acids is 2. The van der Waals surface area contributed by atoms with Crippen molar-refractivity contribution in [2.45, 2.75) is 19.8 Å². The zero-order chi connectivity index (χ0) is 24.9. The molecule has 2 aromatic heterocycles. The minimum absolute atomic E-state index is 0.0490. The third-order valence-corrected chi connectivity index (χ3v) is 8.47. The van der Waals surface area contributed by atoms with Crippen molar-refractivity contribution in [2.75, 3.05) is 26.2 Å². The third kappa shape index (κ3) is 6.23. The lowest BCUT2D eigenvalue weighted by molar-refractivity contribution is 0.0949. The topological polar surface area (TPSA) is 94.0 Å². The number of rotatable bonds is 8. The molecular weight excluding hydrogens is 527 g/mol. The van der Waals surface area contributed by atoms with Gasteiger partial charge >= 0.3 is 0 Å². The molecule has 11 heteroatoms. The molecule has 3 heterocycles. The maximum absolute atomic E-state index is 12.6. The van der Waals surface area contributed by atoms with Crippen LogP contribution in [0.1, 0.15) is 44.7 Å². The fraction of sp³-hybridized carbons (Fsp3) is 0.292. The van der Waals surface area contributed by atoms with E-state index >= 15 is 0 Å². The van der Waals surface area contributed by atoms with Gasteiger partial charge in [-0.3, -0.25) is 9.59 Å². The lowest BCUT2D eigenvalue weighted by Gasteiger charge is -2.14. The van der Waals surface area contributed by atoms with Crippen LogP contribution >= 0.6 is 45.9 Å². The van der Waals surface area contributed by atoms with Crippen molar-refractivity contribution in [1.82, 2.24) is 15.6 Å². The minimum Gasteiger partial charge on any atom is -0.506 e. The highest BCUT2D eigenvalue weighted by atomic mass is 35.5. The molecule has 1 aliphatic heterocycles. The predicted octanol–water partition coefficient (Wildman–Crippen LogP) is 5.47. The Balaban J connectivity index is 1.35. The van der Waals surface area contributed by atoms with E-state index in [-0.39, 0.29) is 11.7 Å². The van der Waals surface area contributed by atoms with Gasteiger partial charge in [-0.1, -0.05) is 29.3 Å². The van der Waals surface area contributed by atoms with Gasteiger partial charge in [0.2, 0.25) is 0 Å². The van der Waals surface area contributed by atoms with E-state index in [1.807, 2.05) is 0 Å². The summed E-state index contributed by atoms with van der Waals surface area (Å²) in [5, 5.41) is 20.3. The first-order valence-electron chi connectivity index (χ1n) is 11.0. The summed E-state index contributed by atoms with van der Waals surface area (Å²) in [5.41, 5.74) is 4.17. The molecule has 0 bridgehead atoms. The second-order valence-electron chi connectivity index (χ2n) is 8.06. The first-order chi connectivity index (χ1) is 16.8. The zero-order valence-corrected chi connectivity index (χ0v) is 22.1. The lowest BCUT2D eigenvalue weighted by atomic mass is 10.1. The minimum atomic E-state index is -0.426. The number of halogens is 2. The first kappa shape index (κ1) is 25.7. The van der Waals surface area contributed by atoms with Crippen molar-refractivity contribution in [3.63, 3.8) is 0 Å². The highest BCUT2D eigenvalue weighted by Gasteiger charge is 2.18. The van der Waals surface area contributed by atoms with Crippen LogP contribution in [0.3, 0.4) is 0 Å². The third-order valence-electron chi connectivity index (χ3n) is 5.63. The highest BCUT2D eigenvalue weighted by Crippen LogP contribution is 2.40. The molecule has 3 aromatic rings. The van der Waals surface area contributed by atoms with E-state index in [9.17, 15) is 14.7 Å². The monoisotopic (exact) mass is 550 g/mol. The molecule has 1 aliphatic rings. The van der Waals surface area contributed by atoms with Gasteiger partial charge in [-0.05, 0) is 62.7 Å². The standard InChI is InChI=1S/C24H24Cl2N4O3S2/c1-14(16-13-34-22(21(16)31)15-4-5-17(25)18(26)12-15)28-29-24(33)20-7-6-19(35-20)23(32)27-8-11-30-9-2-3-10-30/h4-7,12-13,31H,2-3,8-11H2,1H3,(H,27,32)(H,29,33)/b28-14+. The number of likely N-dealkylation sites (tertiary alicyclic amines) is 1. The van der Waals surface area contributed by atoms with Gasteiger partial charge < -0.3 is 15.3 Å². The lowest BCUT2D eigenvalue weighted by Crippen LogP contribution is -2.33. The van der Waals surface area contributed by atoms with Crippen molar-refractivity contribution in [1.29, 1.82) is 0 Å². The quantitative estimate of drug-likeness (QED) is 0.256. The Morgan fingerprint density at radius 2 is 1.80 bits per heavy atom. The number of hydrazone groups is 1. The number of aromatic hydroxyl groups is 1. The van der Waals surface area contributed by atoms with E-state index in [0.29, 0.717) is 42.5 Å². The van der Waals surface area contributed by atoms with Crippen LogP contribution in [0.5, 0.6) is 5.75 Å². The number of hydrogen-bond donors (Lipinski definition) is 3. The molecule has 4 rings (SSSR count). The largest absolute Gasteiger partial charge is 0.506 e. The van der Waals surface area contributed by atoms with Crippen molar-refractivity contribution >= 4 is 63.4 Å². The highest BCUT2D eigenvalue weighted by molar-refractivity contribution is 7.16. The van der Waals surface area contributed by atoms with Crippen LogP contribution in [0.25, 0.3) is 10.4 Å². The normalized spacial score (nSPS) is 14.3. The van der Waals surface area contributed by atoms with E-state index in [2.05, 4.69) is 20.7 Å². The summed E-state index contributed by atoms with van der Waals surface area (Å²) < 4.78 is 0. The second-order valence-corrected chi connectivity index (χ2v) is 10.8. The number of hydrogen-bond acceptors (Lipinski definition) is 7. The fourth-order valence-electron chi connectivity index (χ4n) is 3.70. The van der Waals surface area contributed by atoms with Crippen LogP contribution in [0.15, 0.2) is 40.8 Å². The van der Waals surface area contributed by atoms with E-state index in [1.165, 1.54) is 24.2 Å². The number of nitrogens with one attached hydrogen (secondary N) is 2. The van der Waals surface area contributed by atoms with E-state index < -0.39 is 5.91 Å². The van der Waals surface area contributed by atoms with Gasteiger partial charge in [-0.25, -0.2) is 5.43 Å². The van der Waals surface area contributed by atoms with Crippen LogP contribution in [0.2, 0.25) is 10.0 Å². The van der Waals surface area contributed by atoms with Gasteiger partial charge in [0, 0.05) is 18.5 Å². The smallest absolute Gasteiger partial charge is 0.281 e. The van der Waals surface area contributed by atoms with E-state index in [4.69, 9.17) is 23.2 Å². The maximum atomic E-state index is 12.6. The molecule has 1 fully saturated rings. The van der Waals surface area contributed by atoms with E-state index in [0.717, 1.165) is 36.5 Å². The van der Waals surface area contributed by atoms with Crippen LogP contribution in [0.4, 0.5) is 0 Å². The Morgan fingerprint density at radius 3 is 2.51 bits per heavy atom. The molecule has 0 atom stereocenters.